The van der Waals surface area contributed by atoms with Gasteiger partial charge in [-0.2, -0.15) is 0 Å². The highest BCUT2D eigenvalue weighted by Crippen LogP contribution is 2.14. The maximum Gasteiger partial charge on any atom is 0.273 e. The number of carbonyl (C=O) groups excluding carboxylic acids is 1. The Morgan fingerprint density at radius 3 is 3.08 bits per heavy atom. The lowest BCUT2D eigenvalue weighted by Crippen LogP contribution is -2.34. The van der Waals surface area contributed by atoms with Crippen LogP contribution in [0.15, 0.2) is 6.20 Å². The lowest BCUT2D eigenvalue weighted by Gasteiger charge is -2.23. The summed E-state index contributed by atoms with van der Waals surface area (Å²) in [6.45, 7) is 3.17. The van der Waals surface area contributed by atoms with Crippen LogP contribution in [-0.2, 0) is 26.1 Å². The number of piperidine rings is 1. The molecule has 1 fully saturated rings. The lowest BCUT2D eigenvalue weighted by molar-refractivity contribution is 0.0944. The van der Waals surface area contributed by atoms with E-state index >= 15 is 0 Å². The number of aryl methyl sites for hydroxylation is 2. The van der Waals surface area contributed by atoms with E-state index in [9.17, 15) is 4.79 Å². The van der Waals surface area contributed by atoms with Crippen LogP contribution in [0.4, 0.5) is 0 Å². The lowest BCUT2D eigenvalue weighted by atomic mass is 10.0. The summed E-state index contributed by atoms with van der Waals surface area (Å²) in [5.74, 6) is 1.60. The number of nitrogens with zero attached hydrogens (tertiary/aromatic N) is 6. The zero-order valence-corrected chi connectivity index (χ0v) is 15.0. The topological polar surface area (TPSA) is 103 Å². The van der Waals surface area contributed by atoms with Crippen LogP contribution in [0, 0.1) is 0 Å². The summed E-state index contributed by atoms with van der Waals surface area (Å²) in [5, 5.41) is 22.9. The number of amides is 1. The highest BCUT2D eigenvalue weighted by atomic mass is 16.2. The molecule has 0 spiro atoms. The first-order valence-electron chi connectivity index (χ1n) is 9.62. The number of fused-ring (bicyclic) bond motifs is 1. The fourth-order valence-corrected chi connectivity index (χ4v) is 3.72. The maximum atomic E-state index is 12.3. The molecule has 2 aliphatic heterocycles. The Labute approximate surface area is 152 Å². The van der Waals surface area contributed by atoms with Gasteiger partial charge in [0, 0.05) is 25.6 Å². The molecule has 1 amide bonds. The van der Waals surface area contributed by atoms with Gasteiger partial charge in [0.2, 0.25) is 0 Å². The fraction of sp³-hybridized carbons (Fsp3) is 0.706. The van der Waals surface area contributed by atoms with Crippen molar-refractivity contribution in [1.82, 2.24) is 40.4 Å². The Morgan fingerprint density at radius 2 is 2.19 bits per heavy atom. The van der Waals surface area contributed by atoms with Gasteiger partial charge in [-0.1, -0.05) is 11.6 Å². The van der Waals surface area contributed by atoms with Crippen LogP contribution >= 0.6 is 0 Å². The van der Waals surface area contributed by atoms with Crippen LogP contribution in [0.5, 0.6) is 0 Å². The molecule has 1 atom stereocenters. The number of nitrogens with one attached hydrogen (secondary N) is 2. The molecule has 9 heteroatoms. The molecule has 2 aliphatic rings. The second kappa shape index (κ2) is 7.94. The average molecular weight is 358 g/mol. The van der Waals surface area contributed by atoms with Gasteiger partial charge in [-0.05, 0) is 38.6 Å². The van der Waals surface area contributed by atoms with E-state index in [-0.39, 0.29) is 5.91 Å². The van der Waals surface area contributed by atoms with Crippen molar-refractivity contribution in [2.75, 3.05) is 6.54 Å². The van der Waals surface area contributed by atoms with Crippen molar-refractivity contribution in [2.24, 2.45) is 0 Å². The minimum Gasteiger partial charge on any atom is -0.343 e. The Kier molecular flexibility index (Phi) is 5.24. The molecule has 0 aliphatic carbocycles. The van der Waals surface area contributed by atoms with E-state index in [0.717, 1.165) is 57.0 Å². The molecule has 0 aromatic carbocycles. The third-order valence-electron chi connectivity index (χ3n) is 5.23. The zero-order valence-electron chi connectivity index (χ0n) is 15.0. The molecule has 2 aromatic heterocycles. The largest absolute Gasteiger partial charge is 0.343 e. The molecule has 0 saturated carbocycles. The maximum absolute atomic E-state index is 12.3. The highest BCUT2D eigenvalue weighted by molar-refractivity contribution is 5.91. The molecule has 0 radical (unpaired) electrons. The van der Waals surface area contributed by atoms with Crippen LogP contribution in [0.3, 0.4) is 0 Å². The monoisotopic (exact) mass is 358 g/mol. The van der Waals surface area contributed by atoms with Gasteiger partial charge in [0.15, 0.2) is 11.5 Å². The third kappa shape index (κ3) is 3.92. The Balaban J connectivity index is 1.28. The Hall–Kier alpha value is -2.29. The van der Waals surface area contributed by atoms with Crippen LogP contribution in [0.25, 0.3) is 0 Å². The summed E-state index contributed by atoms with van der Waals surface area (Å²) in [7, 11) is 0. The van der Waals surface area contributed by atoms with Gasteiger partial charge in [-0.3, -0.25) is 9.48 Å². The summed E-state index contributed by atoms with van der Waals surface area (Å²) in [5.41, 5.74) is 0.347. The summed E-state index contributed by atoms with van der Waals surface area (Å²) in [4.78, 5) is 12.3. The Bertz CT molecular complexity index is 746. The third-order valence-corrected chi connectivity index (χ3v) is 5.23. The number of carbonyl (C=O) groups is 1. The summed E-state index contributed by atoms with van der Waals surface area (Å²) in [6, 6.07) is 0.546. The molecule has 1 saturated heterocycles. The molecule has 9 nitrogen and oxygen atoms in total. The molecule has 2 aromatic rings. The fourth-order valence-electron chi connectivity index (χ4n) is 3.72. The van der Waals surface area contributed by atoms with E-state index in [0.29, 0.717) is 18.3 Å². The first-order chi connectivity index (χ1) is 12.8. The molecular formula is C17H26N8O. The molecule has 140 valence electrons. The van der Waals surface area contributed by atoms with E-state index in [2.05, 4.69) is 35.7 Å². The summed E-state index contributed by atoms with van der Waals surface area (Å²) >= 11 is 0. The van der Waals surface area contributed by atoms with Crippen LogP contribution in [-0.4, -0.2) is 48.3 Å². The second-order valence-corrected chi connectivity index (χ2v) is 7.13. The summed E-state index contributed by atoms with van der Waals surface area (Å²) in [6.07, 6.45) is 9.75. The predicted molar refractivity (Wildman–Crippen MR) is 94.4 cm³/mol. The normalized spacial score (nSPS) is 19.9. The first kappa shape index (κ1) is 17.1. The van der Waals surface area contributed by atoms with Gasteiger partial charge in [0.1, 0.15) is 5.82 Å². The predicted octanol–water partition coefficient (Wildman–Crippen LogP) is 0.668. The number of hydrogen-bond acceptors (Lipinski definition) is 6. The van der Waals surface area contributed by atoms with E-state index in [1.54, 1.807) is 10.9 Å². The number of rotatable bonds is 6. The van der Waals surface area contributed by atoms with Crippen molar-refractivity contribution in [3.05, 3.63) is 23.5 Å². The van der Waals surface area contributed by atoms with Crippen molar-refractivity contribution in [3.8, 4) is 0 Å². The molecule has 4 rings (SSSR count). The van der Waals surface area contributed by atoms with Gasteiger partial charge in [0.25, 0.3) is 5.91 Å². The van der Waals surface area contributed by atoms with Crippen LogP contribution in [0.1, 0.15) is 60.7 Å². The van der Waals surface area contributed by atoms with Gasteiger partial charge < -0.3 is 15.2 Å². The average Bonchev–Trinajstić information content (AvgIpc) is 3.32. The first-order valence-corrected chi connectivity index (χ1v) is 9.62. The molecule has 26 heavy (non-hydrogen) atoms. The minimum absolute atomic E-state index is 0.222. The Morgan fingerprint density at radius 1 is 1.23 bits per heavy atom. The van der Waals surface area contributed by atoms with E-state index in [4.69, 9.17) is 0 Å². The van der Waals surface area contributed by atoms with Gasteiger partial charge in [-0.25, -0.2) is 0 Å². The van der Waals surface area contributed by atoms with Crippen molar-refractivity contribution < 1.29 is 4.79 Å². The SMILES string of the molecule is O=C(NCc1nnc2n1CCCC2)c1cn(CC[C@@H]2CCCCN2)nn1. The van der Waals surface area contributed by atoms with E-state index < -0.39 is 0 Å². The standard InChI is InChI=1S/C17H26N8O/c26-17(19-11-16-22-21-15-6-2-4-9-25(15)16)14-12-24(23-20-14)10-7-13-5-1-3-8-18-13/h12-13,18H,1-11H2,(H,19,26)/t13-/m0/s1. The molecule has 2 N–H and O–H groups in total. The summed E-state index contributed by atoms with van der Waals surface area (Å²) < 4.78 is 3.86. The number of aromatic nitrogens is 6. The molecule has 0 unspecified atom stereocenters. The van der Waals surface area contributed by atoms with Crippen molar-refractivity contribution in [2.45, 2.75) is 70.6 Å². The van der Waals surface area contributed by atoms with Gasteiger partial charge in [0.05, 0.1) is 12.7 Å². The molecule has 0 bridgehead atoms. The van der Waals surface area contributed by atoms with Crippen molar-refractivity contribution in [1.29, 1.82) is 0 Å². The number of hydrogen-bond donors (Lipinski definition) is 2. The molecular weight excluding hydrogens is 332 g/mol. The van der Waals surface area contributed by atoms with E-state index in [1.165, 1.54) is 19.3 Å². The van der Waals surface area contributed by atoms with Crippen molar-refractivity contribution in [3.63, 3.8) is 0 Å². The smallest absolute Gasteiger partial charge is 0.273 e. The van der Waals surface area contributed by atoms with Gasteiger partial charge >= 0.3 is 0 Å². The zero-order chi connectivity index (χ0) is 17.8. The van der Waals surface area contributed by atoms with Crippen LogP contribution in [0.2, 0.25) is 0 Å². The second-order valence-electron chi connectivity index (χ2n) is 7.13. The molecule has 4 heterocycles. The van der Waals surface area contributed by atoms with Gasteiger partial charge in [-0.15, -0.1) is 15.3 Å². The van der Waals surface area contributed by atoms with E-state index in [1.807, 2.05) is 0 Å². The highest BCUT2D eigenvalue weighted by Gasteiger charge is 2.18. The quantitative estimate of drug-likeness (QED) is 0.787. The minimum atomic E-state index is -0.222. The van der Waals surface area contributed by atoms with Crippen LogP contribution < -0.4 is 10.6 Å². The van der Waals surface area contributed by atoms with Crippen molar-refractivity contribution >= 4 is 5.91 Å².